The molecule has 0 aliphatic carbocycles. The largest absolute Gasteiger partial charge is 0.493 e. The highest BCUT2D eigenvalue weighted by Crippen LogP contribution is 2.29. The zero-order valence-corrected chi connectivity index (χ0v) is 15.8. The van der Waals surface area contributed by atoms with Crippen LogP contribution in [-0.2, 0) is 9.59 Å². The van der Waals surface area contributed by atoms with Gasteiger partial charge in [0.2, 0.25) is 11.8 Å². The average Bonchev–Trinajstić information content (AvgIpc) is 3.30. The molecule has 6 heteroatoms. The topological polar surface area (TPSA) is 61.9 Å². The number of carbonyl (C=O) groups is 2. The molecular weight excluding hydrogens is 342 g/mol. The van der Waals surface area contributed by atoms with E-state index >= 15 is 0 Å². The molecule has 3 heterocycles. The lowest BCUT2D eigenvalue weighted by atomic mass is 9.96. The number of para-hydroxylation sites is 1. The molecule has 1 N–H and O–H groups in total. The highest BCUT2D eigenvalue weighted by atomic mass is 16.5. The lowest BCUT2D eigenvalue weighted by Gasteiger charge is -2.34. The Kier molecular flexibility index (Phi) is 5.62. The first kappa shape index (κ1) is 18.3. The summed E-state index contributed by atoms with van der Waals surface area (Å²) in [6.45, 7) is 5.52. The summed E-state index contributed by atoms with van der Waals surface area (Å²) in [6, 6.07) is 9.55. The normalized spacial score (nSPS) is 27.5. The predicted molar refractivity (Wildman–Crippen MR) is 102 cm³/mol. The molecule has 2 amide bonds. The van der Waals surface area contributed by atoms with Gasteiger partial charge in [0.25, 0.3) is 0 Å². The fourth-order valence-corrected chi connectivity index (χ4v) is 4.63. The second-order valence-electron chi connectivity index (χ2n) is 8.01. The van der Waals surface area contributed by atoms with E-state index in [0.717, 1.165) is 51.3 Å². The van der Waals surface area contributed by atoms with Crippen LogP contribution in [0.3, 0.4) is 0 Å². The SMILES string of the molecule is O=C(CCOc1ccccc1)N1CCCC(C(=O)N2C[C@H]3CNC[C@H]3C2)C1. The maximum absolute atomic E-state index is 12.9. The van der Waals surface area contributed by atoms with Gasteiger partial charge in [-0.25, -0.2) is 0 Å². The van der Waals surface area contributed by atoms with Crippen molar-refractivity contribution in [2.24, 2.45) is 17.8 Å². The minimum atomic E-state index is -0.0375. The minimum absolute atomic E-state index is 0.0375. The number of benzene rings is 1. The van der Waals surface area contributed by atoms with Gasteiger partial charge in [0.1, 0.15) is 5.75 Å². The van der Waals surface area contributed by atoms with Crippen molar-refractivity contribution in [2.45, 2.75) is 19.3 Å². The molecule has 3 fully saturated rings. The van der Waals surface area contributed by atoms with Gasteiger partial charge in [-0.05, 0) is 36.8 Å². The van der Waals surface area contributed by atoms with Gasteiger partial charge in [-0.15, -0.1) is 0 Å². The number of ether oxygens (including phenoxy) is 1. The van der Waals surface area contributed by atoms with Crippen LogP contribution in [0.2, 0.25) is 0 Å². The number of nitrogens with one attached hydrogen (secondary N) is 1. The van der Waals surface area contributed by atoms with Gasteiger partial charge >= 0.3 is 0 Å². The number of hydrogen-bond donors (Lipinski definition) is 1. The molecule has 1 aromatic carbocycles. The van der Waals surface area contributed by atoms with E-state index in [-0.39, 0.29) is 17.7 Å². The third-order valence-corrected chi connectivity index (χ3v) is 6.15. The van der Waals surface area contributed by atoms with Crippen molar-refractivity contribution in [3.8, 4) is 5.75 Å². The van der Waals surface area contributed by atoms with Crippen molar-refractivity contribution < 1.29 is 14.3 Å². The minimum Gasteiger partial charge on any atom is -0.493 e. The van der Waals surface area contributed by atoms with Crippen LogP contribution in [0.15, 0.2) is 30.3 Å². The number of piperidine rings is 1. The summed E-state index contributed by atoms with van der Waals surface area (Å²) in [5.74, 6) is 2.32. The van der Waals surface area contributed by atoms with Crippen LogP contribution in [0.1, 0.15) is 19.3 Å². The fraction of sp³-hybridized carbons (Fsp3) is 0.619. The second kappa shape index (κ2) is 8.30. The standard InChI is InChI=1S/C21H29N3O3/c25-20(8-10-27-19-6-2-1-3-7-19)23-9-4-5-16(13-23)21(26)24-14-17-11-22-12-18(17)15-24/h1-3,6-7,16-18,22H,4-5,8-15H2/t16?,17-,18+. The molecule has 146 valence electrons. The first-order valence-electron chi connectivity index (χ1n) is 10.2. The Labute approximate surface area is 160 Å². The molecule has 4 rings (SSSR count). The molecule has 3 saturated heterocycles. The number of amides is 2. The Bertz CT molecular complexity index is 654. The third kappa shape index (κ3) is 4.26. The zero-order valence-electron chi connectivity index (χ0n) is 15.8. The third-order valence-electron chi connectivity index (χ3n) is 6.15. The summed E-state index contributed by atoms with van der Waals surface area (Å²) < 4.78 is 5.64. The number of fused-ring (bicyclic) bond motifs is 1. The van der Waals surface area contributed by atoms with E-state index in [0.29, 0.717) is 31.4 Å². The maximum atomic E-state index is 12.9. The summed E-state index contributed by atoms with van der Waals surface area (Å²) in [6.07, 6.45) is 2.16. The molecule has 3 aliphatic heterocycles. The van der Waals surface area contributed by atoms with Crippen LogP contribution < -0.4 is 10.1 Å². The molecule has 0 spiro atoms. The van der Waals surface area contributed by atoms with Crippen LogP contribution in [0, 0.1) is 17.8 Å². The lowest BCUT2D eigenvalue weighted by Crippen LogP contribution is -2.47. The van der Waals surface area contributed by atoms with E-state index in [9.17, 15) is 9.59 Å². The van der Waals surface area contributed by atoms with Crippen molar-refractivity contribution in [3.05, 3.63) is 30.3 Å². The summed E-state index contributed by atoms with van der Waals surface area (Å²) >= 11 is 0. The van der Waals surface area contributed by atoms with Crippen LogP contribution in [-0.4, -0.2) is 67.5 Å². The zero-order chi connectivity index (χ0) is 18.6. The van der Waals surface area contributed by atoms with Gasteiger partial charge in [-0.3, -0.25) is 9.59 Å². The van der Waals surface area contributed by atoms with Gasteiger partial charge in [-0.1, -0.05) is 18.2 Å². The van der Waals surface area contributed by atoms with E-state index in [4.69, 9.17) is 4.74 Å². The number of likely N-dealkylation sites (tertiary alicyclic amines) is 2. The fourth-order valence-electron chi connectivity index (χ4n) is 4.63. The number of rotatable bonds is 5. The Morgan fingerprint density at radius 3 is 2.52 bits per heavy atom. The summed E-state index contributed by atoms with van der Waals surface area (Å²) in [4.78, 5) is 29.4. The summed E-state index contributed by atoms with van der Waals surface area (Å²) in [5, 5.41) is 3.41. The van der Waals surface area contributed by atoms with Gasteiger partial charge in [-0.2, -0.15) is 0 Å². The highest BCUT2D eigenvalue weighted by molar-refractivity contribution is 5.81. The van der Waals surface area contributed by atoms with Crippen LogP contribution >= 0.6 is 0 Å². The van der Waals surface area contributed by atoms with Crippen molar-refractivity contribution in [3.63, 3.8) is 0 Å². The number of hydrogen-bond acceptors (Lipinski definition) is 4. The van der Waals surface area contributed by atoms with Crippen LogP contribution in [0.25, 0.3) is 0 Å². The van der Waals surface area contributed by atoms with E-state index in [1.54, 1.807) is 0 Å². The van der Waals surface area contributed by atoms with Gasteiger partial charge in [0.05, 0.1) is 18.9 Å². The second-order valence-corrected chi connectivity index (χ2v) is 8.01. The molecule has 0 bridgehead atoms. The van der Waals surface area contributed by atoms with E-state index in [1.807, 2.05) is 40.1 Å². The molecule has 3 aliphatic rings. The van der Waals surface area contributed by atoms with Gasteiger partial charge < -0.3 is 19.9 Å². The monoisotopic (exact) mass is 371 g/mol. The molecule has 6 nitrogen and oxygen atoms in total. The Hall–Kier alpha value is -2.08. The van der Waals surface area contributed by atoms with E-state index in [2.05, 4.69) is 5.32 Å². The number of nitrogens with zero attached hydrogens (tertiary/aromatic N) is 2. The molecule has 1 aromatic rings. The first-order chi connectivity index (χ1) is 13.2. The smallest absolute Gasteiger partial charge is 0.227 e. The predicted octanol–water partition coefficient (Wildman–Crippen LogP) is 1.37. The molecule has 0 radical (unpaired) electrons. The van der Waals surface area contributed by atoms with Crippen LogP contribution in [0.4, 0.5) is 0 Å². The van der Waals surface area contributed by atoms with Gasteiger partial charge in [0.15, 0.2) is 0 Å². The molecule has 3 atom stereocenters. The molecule has 1 unspecified atom stereocenters. The molecule has 0 aromatic heterocycles. The van der Waals surface area contributed by atoms with Crippen molar-refractivity contribution in [1.82, 2.24) is 15.1 Å². The Morgan fingerprint density at radius 1 is 1.04 bits per heavy atom. The van der Waals surface area contributed by atoms with Crippen molar-refractivity contribution in [1.29, 1.82) is 0 Å². The highest BCUT2D eigenvalue weighted by Gasteiger charge is 2.40. The van der Waals surface area contributed by atoms with E-state index < -0.39 is 0 Å². The summed E-state index contributed by atoms with van der Waals surface area (Å²) in [5.41, 5.74) is 0. The Morgan fingerprint density at radius 2 is 1.78 bits per heavy atom. The van der Waals surface area contributed by atoms with E-state index in [1.165, 1.54) is 0 Å². The Balaban J connectivity index is 1.25. The van der Waals surface area contributed by atoms with Crippen molar-refractivity contribution >= 4 is 11.8 Å². The van der Waals surface area contributed by atoms with Crippen molar-refractivity contribution in [2.75, 3.05) is 45.9 Å². The molecule has 27 heavy (non-hydrogen) atoms. The molecule has 0 saturated carbocycles. The average molecular weight is 371 g/mol. The summed E-state index contributed by atoms with van der Waals surface area (Å²) in [7, 11) is 0. The van der Waals surface area contributed by atoms with Crippen LogP contribution in [0.5, 0.6) is 5.75 Å². The lowest BCUT2D eigenvalue weighted by molar-refractivity contribution is -0.140. The first-order valence-corrected chi connectivity index (χ1v) is 10.2. The molecular formula is C21H29N3O3. The van der Waals surface area contributed by atoms with Gasteiger partial charge in [0, 0.05) is 39.3 Å². The maximum Gasteiger partial charge on any atom is 0.227 e. The quantitative estimate of drug-likeness (QED) is 0.849. The number of carbonyl (C=O) groups excluding carboxylic acids is 2.